The molecule has 0 radical (unpaired) electrons. The third kappa shape index (κ3) is 2.80. The largest absolute Gasteiger partial charge is 0.497 e. The van der Waals surface area contributed by atoms with Crippen LogP contribution in [-0.2, 0) is 7.05 Å². The molecule has 32 heavy (non-hydrogen) atoms. The monoisotopic (exact) mass is 435 g/mol. The number of methoxy groups -OCH3 is 2. The number of fused-ring (bicyclic) bond motifs is 3. The normalized spacial score (nSPS) is 11.4. The van der Waals surface area contributed by atoms with Crippen LogP contribution in [0.25, 0.3) is 33.9 Å². The lowest BCUT2D eigenvalue weighted by Gasteiger charge is -2.14. The molecule has 162 valence electrons. The number of hydrogen-bond acceptors (Lipinski definition) is 5. The first kappa shape index (κ1) is 19.6. The summed E-state index contributed by atoms with van der Waals surface area (Å²) in [5.41, 5.74) is 1.24. The Balaban J connectivity index is 1.96. The predicted molar refractivity (Wildman–Crippen MR) is 116 cm³/mol. The van der Waals surface area contributed by atoms with Crippen molar-refractivity contribution in [2.45, 2.75) is 0 Å². The van der Waals surface area contributed by atoms with Gasteiger partial charge in [0.15, 0.2) is 11.2 Å². The molecule has 0 fully saturated rings. The molecular weight excluding hydrogens is 417 g/mol. The van der Waals surface area contributed by atoms with Crippen LogP contribution in [0.2, 0.25) is 0 Å². The molecule has 3 aromatic heterocycles. The summed E-state index contributed by atoms with van der Waals surface area (Å²) in [5.74, 6) is 1.12. The molecule has 0 aliphatic carbocycles. The van der Waals surface area contributed by atoms with Crippen molar-refractivity contribution in [3.63, 3.8) is 0 Å². The second-order valence-corrected chi connectivity index (χ2v) is 7.17. The molecule has 0 aliphatic rings. The van der Waals surface area contributed by atoms with E-state index >= 15 is 0 Å². The Morgan fingerprint density at radius 1 is 1.03 bits per heavy atom. The van der Waals surface area contributed by atoms with Gasteiger partial charge in [0.2, 0.25) is 5.78 Å². The van der Waals surface area contributed by atoms with E-state index in [1.807, 2.05) is 0 Å². The molecular formula is C22H18FN5O4. The van der Waals surface area contributed by atoms with Gasteiger partial charge in [-0.15, -0.1) is 0 Å². The summed E-state index contributed by atoms with van der Waals surface area (Å²) in [6.07, 6.45) is 1.72. The Labute approximate surface area is 179 Å². The van der Waals surface area contributed by atoms with E-state index in [4.69, 9.17) is 9.47 Å². The minimum absolute atomic E-state index is 0.214. The van der Waals surface area contributed by atoms with E-state index in [0.29, 0.717) is 34.2 Å². The topological polar surface area (TPSA) is 95.5 Å². The summed E-state index contributed by atoms with van der Waals surface area (Å²) >= 11 is 0. The van der Waals surface area contributed by atoms with Gasteiger partial charge in [0.25, 0.3) is 5.56 Å². The highest BCUT2D eigenvalue weighted by Crippen LogP contribution is 2.35. The Morgan fingerprint density at radius 2 is 1.78 bits per heavy atom. The van der Waals surface area contributed by atoms with Gasteiger partial charge in [-0.1, -0.05) is 0 Å². The summed E-state index contributed by atoms with van der Waals surface area (Å²) < 4.78 is 29.2. The first-order valence-corrected chi connectivity index (χ1v) is 9.64. The fraction of sp³-hybridized carbons (Fsp3) is 0.136. The fourth-order valence-electron chi connectivity index (χ4n) is 3.79. The molecule has 0 amide bonds. The van der Waals surface area contributed by atoms with E-state index in [1.165, 1.54) is 23.7 Å². The number of imidazole rings is 2. The lowest BCUT2D eigenvalue weighted by atomic mass is 10.1. The first-order chi connectivity index (χ1) is 15.4. The van der Waals surface area contributed by atoms with Crippen molar-refractivity contribution in [3.8, 4) is 28.4 Å². The summed E-state index contributed by atoms with van der Waals surface area (Å²) in [4.78, 5) is 31.7. The number of aromatic nitrogens is 5. The maximum atomic E-state index is 13.6. The van der Waals surface area contributed by atoms with Crippen molar-refractivity contribution in [2.75, 3.05) is 14.2 Å². The summed E-state index contributed by atoms with van der Waals surface area (Å²) in [6.45, 7) is 0. The highest BCUT2D eigenvalue weighted by atomic mass is 19.1. The zero-order chi connectivity index (χ0) is 22.6. The van der Waals surface area contributed by atoms with E-state index in [1.54, 1.807) is 59.7 Å². The first-order valence-electron chi connectivity index (χ1n) is 9.64. The third-order valence-electron chi connectivity index (χ3n) is 5.39. The molecule has 0 aliphatic heterocycles. The SMILES string of the molecule is COc1ccc(OC)c(-n2c(-c3ccc(F)cc3)cn3c4c(=O)[nH]c(=O)n(C)c4nc23)c1. The molecule has 10 heteroatoms. The molecule has 0 bridgehead atoms. The molecule has 5 rings (SSSR count). The van der Waals surface area contributed by atoms with E-state index in [2.05, 4.69) is 9.97 Å². The number of aromatic amines is 1. The number of aryl methyl sites for hydroxylation is 1. The van der Waals surface area contributed by atoms with Gasteiger partial charge in [-0.25, -0.2) is 9.18 Å². The minimum Gasteiger partial charge on any atom is -0.497 e. The Hall–Kier alpha value is -4.34. The average molecular weight is 435 g/mol. The number of ether oxygens (including phenoxy) is 2. The van der Waals surface area contributed by atoms with Gasteiger partial charge < -0.3 is 9.47 Å². The Bertz CT molecular complexity index is 1610. The Morgan fingerprint density at radius 3 is 2.47 bits per heavy atom. The second kappa shape index (κ2) is 7.12. The molecule has 0 spiro atoms. The molecule has 0 saturated heterocycles. The van der Waals surface area contributed by atoms with Crippen molar-refractivity contribution in [2.24, 2.45) is 7.05 Å². The maximum Gasteiger partial charge on any atom is 0.329 e. The zero-order valence-corrected chi connectivity index (χ0v) is 17.4. The van der Waals surface area contributed by atoms with Gasteiger partial charge in [0, 0.05) is 24.9 Å². The molecule has 3 heterocycles. The number of halogens is 1. The minimum atomic E-state index is -0.562. The number of hydrogen-bond donors (Lipinski definition) is 1. The van der Waals surface area contributed by atoms with Gasteiger partial charge >= 0.3 is 5.69 Å². The second-order valence-electron chi connectivity index (χ2n) is 7.17. The standard InChI is InChI=1S/C22H18FN5O4/c1-26-19-18(20(29)25-22(26)30)27-11-16(12-4-6-13(23)7-5-12)28(21(27)24-19)15-10-14(31-2)8-9-17(15)32-3/h4-11H,1-3H3,(H,25,29,30). The van der Waals surface area contributed by atoms with Crippen LogP contribution in [0.1, 0.15) is 0 Å². The average Bonchev–Trinajstić information content (AvgIpc) is 3.34. The lowest BCUT2D eigenvalue weighted by Crippen LogP contribution is -2.28. The van der Waals surface area contributed by atoms with Gasteiger partial charge in [-0.05, 0) is 36.4 Å². The zero-order valence-electron chi connectivity index (χ0n) is 17.4. The van der Waals surface area contributed by atoms with E-state index in [0.717, 1.165) is 0 Å². The summed E-state index contributed by atoms with van der Waals surface area (Å²) in [7, 11) is 4.63. The number of benzene rings is 2. The van der Waals surface area contributed by atoms with Gasteiger partial charge in [0.1, 0.15) is 17.3 Å². The lowest BCUT2D eigenvalue weighted by molar-refractivity contribution is 0.402. The van der Waals surface area contributed by atoms with Crippen molar-refractivity contribution >= 4 is 16.9 Å². The van der Waals surface area contributed by atoms with Crippen molar-refractivity contribution in [1.82, 2.24) is 23.5 Å². The number of rotatable bonds is 4. The molecule has 0 saturated carbocycles. The summed E-state index contributed by atoms with van der Waals surface area (Å²) in [5, 5.41) is 0. The molecule has 0 unspecified atom stereocenters. The van der Waals surface area contributed by atoms with E-state index in [9.17, 15) is 14.0 Å². The number of nitrogens with one attached hydrogen (secondary N) is 1. The molecule has 5 aromatic rings. The fourth-order valence-corrected chi connectivity index (χ4v) is 3.79. The van der Waals surface area contributed by atoms with Gasteiger partial charge in [-0.3, -0.25) is 23.3 Å². The molecule has 1 N–H and O–H groups in total. The van der Waals surface area contributed by atoms with Crippen molar-refractivity contribution in [1.29, 1.82) is 0 Å². The quantitative estimate of drug-likeness (QED) is 0.468. The molecule has 0 atom stereocenters. The van der Waals surface area contributed by atoms with Crippen LogP contribution in [0.4, 0.5) is 4.39 Å². The highest BCUT2D eigenvalue weighted by Gasteiger charge is 2.22. The van der Waals surface area contributed by atoms with Crippen LogP contribution in [0, 0.1) is 5.82 Å². The van der Waals surface area contributed by atoms with Crippen LogP contribution >= 0.6 is 0 Å². The molecule has 9 nitrogen and oxygen atoms in total. The van der Waals surface area contributed by atoms with Crippen molar-refractivity contribution < 1.29 is 13.9 Å². The predicted octanol–water partition coefficient (Wildman–Crippen LogP) is 2.49. The highest BCUT2D eigenvalue weighted by molar-refractivity contribution is 5.80. The van der Waals surface area contributed by atoms with Crippen LogP contribution in [0.5, 0.6) is 11.5 Å². The van der Waals surface area contributed by atoms with Gasteiger partial charge in [0.05, 0.1) is 25.6 Å². The molecule has 2 aromatic carbocycles. The number of nitrogens with zero attached hydrogens (tertiary/aromatic N) is 4. The maximum absolute atomic E-state index is 13.6. The third-order valence-corrected chi connectivity index (χ3v) is 5.39. The summed E-state index contributed by atoms with van der Waals surface area (Å²) in [6, 6.07) is 11.3. The number of H-pyrrole nitrogens is 1. The van der Waals surface area contributed by atoms with Crippen LogP contribution in [0.15, 0.2) is 58.3 Å². The smallest absolute Gasteiger partial charge is 0.329 e. The van der Waals surface area contributed by atoms with Crippen LogP contribution in [-0.4, -0.2) is 37.7 Å². The Kier molecular flexibility index (Phi) is 4.36. The van der Waals surface area contributed by atoms with Gasteiger partial charge in [-0.2, -0.15) is 4.98 Å². The van der Waals surface area contributed by atoms with E-state index < -0.39 is 11.2 Å². The van der Waals surface area contributed by atoms with Crippen LogP contribution < -0.4 is 20.7 Å². The van der Waals surface area contributed by atoms with Crippen LogP contribution in [0.3, 0.4) is 0 Å². The van der Waals surface area contributed by atoms with Crippen molar-refractivity contribution in [3.05, 3.63) is 75.3 Å². The van der Waals surface area contributed by atoms with E-state index in [-0.39, 0.29) is 17.0 Å².